The van der Waals surface area contributed by atoms with Crippen LogP contribution in [0.4, 0.5) is 0 Å². The van der Waals surface area contributed by atoms with Crippen LogP contribution in [0, 0.1) is 0 Å². The number of hydrogen-bond donors (Lipinski definition) is 0. The molecule has 1 aromatic carbocycles. The molecule has 4 heteroatoms. The van der Waals surface area contributed by atoms with Crippen LogP contribution in [0.3, 0.4) is 0 Å². The Balaban J connectivity index is 3.08. The van der Waals surface area contributed by atoms with E-state index in [1.165, 1.54) is 6.92 Å². The third-order valence-electron chi connectivity index (χ3n) is 1.76. The number of halogens is 2. The first kappa shape index (κ1) is 11.7. The van der Waals surface area contributed by atoms with Crippen molar-refractivity contribution in [1.29, 1.82) is 0 Å². The van der Waals surface area contributed by atoms with E-state index in [1.54, 1.807) is 6.07 Å². The summed E-state index contributed by atoms with van der Waals surface area (Å²) in [4.78, 5) is 10.8. The van der Waals surface area contributed by atoms with Crippen LogP contribution in [0.2, 0.25) is 0 Å². The number of rotatable bonds is 3. The average molecular weight is 322 g/mol. The molecule has 0 amide bonds. The fourth-order valence-corrected chi connectivity index (χ4v) is 2.30. The first-order valence-corrected chi connectivity index (χ1v) is 6.34. The van der Waals surface area contributed by atoms with Gasteiger partial charge >= 0.3 is 5.97 Å². The molecule has 0 aliphatic heterocycles. The van der Waals surface area contributed by atoms with E-state index in [1.807, 2.05) is 12.1 Å². The lowest BCUT2D eigenvalue weighted by Gasteiger charge is -2.09. The predicted molar refractivity (Wildman–Crippen MR) is 63.0 cm³/mol. The highest BCUT2D eigenvalue weighted by atomic mass is 79.9. The molecule has 0 saturated carbocycles. The van der Waals surface area contributed by atoms with E-state index in [0.717, 1.165) is 16.5 Å². The molecule has 76 valence electrons. The van der Waals surface area contributed by atoms with Gasteiger partial charge in [-0.1, -0.05) is 44.0 Å². The van der Waals surface area contributed by atoms with E-state index in [9.17, 15) is 4.79 Å². The summed E-state index contributed by atoms with van der Waals surface area (Å²) in [5.74, 6) is 0.338. The minimum atomic E-state index is -0.293. The van der Waals surface area contributed by atoms with E-state index >= 15 is 0 Å². The highest BCUT2D eigenvalue weighted by Crippen LogP contribution is 2.26. The van der Waals surface area contributed by atoms with Gasteiger partial charge in [0.1, 0.15) is 5.75 Å². The summed E-state index contributed by atoms with van der Waals surface area (Å²) in [5, 5.41) is 1.43. The molecule has 1 rings (SSSR count). The van der Waals surface area contributed by atoms with Crippen molar-refractivity contribution in [2.45, 2.75) is 17.6 Å². The van der Waals surface area contributed by atoms with Crippen LogP contribution >= 0.6 is 31.9 Å². The minimum absolute atomic E-state index is 0.293. The molecule has 0 atom stereocenters. The van der Waals surface area contributed by atoms with Crippen molar-refractivity contribution in [1.82, 2.24) is 0 Å². The Kier molecular flexibility index (Phi) is 4.62. The van der Waals surface area contributed by atoms with E-state index in [-0.39, 0.29) is 5.97 Å². The van der Waals surface area contributed by atoms with Gasteiger partial charge in [-0.15, -0.1) is 0 Å². The van der Waals surface area contributed by atoms with Gasteiger partial charge in [0, 0.05) is 23.1 Å². The van der Waals surface area contributed by atoms with E-state index in [0.29, 0.717) is 11.1 Å². The molecule has 0 bridgehead atoms. The van der Waals surface area contributed by atoms with Crippen LogP contribution < -0.4 is 4.74 Å². The topological polar surface area (TPSA) is 26.3 Å². The van der Waals surface area contributed by atoms with E-state index in [2.05, 4.69) is 31.9 Å². The molecule has 0 saturated heterocycles. The quantitative estimate of drug-likeness (QED) is 0.484. The number of carbonyl (C=O) groups excluding carboxylic acids is 1. The van der Waals surface area contributed by atoms with Crippen molar-refractivity contribution in [2.75, 3.05) is 0 Å². The summed E-state index contributed by atoms with van der Waals surface area (Å²) >= 11 is 6.77. The summed E-state index contributed by atoms with van der Waals surface area (Å²) in [5.41, 5.74) is 2.14. The molecule has 1 aromatic rings. The maximum absolute atomic E-state index is 10.8. The Morgan fingerprint density at radius 3 is 2.57 bits per heavy atom. The smallest absolute Gasteiger partial charge is 0.308 e. The van der Waals surface area contributed by atoms with Gasteiger partial charge in [0.15, 0.2) is 0 Å². The summed E-state index contributed by atoms with van der Waals surface area (Å²) in [6.07, 6.45) is 0. The van der Waals surface area contributed by atoms with Gasteiger partial charge in [0.2, 0.25) is 0 Å². The lowest BCUT2D eigenvalue weighted by molar-refractivity contribution is -0.131. The summed E-state index contributed by atoms with van der Waals surface area (Å²) in [6.45, 7) is 1.40. The maximum Gasteiger partial charge on any atom is 0.308 e. The van der Waals surface area contributed by atoms with Crippen molar-refractivity contribution in [3.63, 3.8) is 0 Å². The molecular weight excluding hydrogens is 312 g/mol. The Morgan fingerprint density at radius 2 is 2.07 bits per heavy atom. The highest BCUT2D eigenvalue weighted by Gasteiger charge is 2.08. The highest BCUT2D eigenvalue weighted by molar-refractivity contribution is 9.09. The third kappa shape index (κ3) is 2.82. The van der Waals surface area contributed by atoms with E-state index in [4.69, 9.17) is 4.74 Å². The van der Waals surface area contributed by atoms with Gasteiger partial charge in [0.25, 0.3) is 0 Å². The monoisotopic (exact) mass is 320 g/mol. The molecule has 0 heterocycles. The summed E-state index contributed by atoms with van der Waals surface area (Å²) < 4.78 is 5.09. The number of carbonyl (C=O) groups is 1. The van der Waals surface area contributed by atoms with Gasteiger partial charge in [-0.05, 0) is 11.6 Å². The number of esters is 1. The van der Waals surface area contributed by atoms with Crippen LogP contribution in [0.25, 0.3) is 0 Å². The van der Waals surface area contributed by atoms with Gasteiger partial charge < -0.3 is 4.74 Å². The molecular formula is C10H10Br2O2. The van der Waals surface area contributed by atoms with Crippen LogP contribution in [-0.4, -0.2) is 5.97 Å². The SMILES string of the molecule is CC(=O)Oc1cccc(CBr)c1CBr. The molecule has 0 radical (unpaired) electrons. The fourth-order valence-electron chi connectivity index (χ4n) is 1.14. The first-order chi connectivity index (χ1) is 6.69. The molecule has 0 fully saturated rings. The normalized spacial score (nSPS) is 9.93. The fraction of sp³-hybridized carbons (Fsp3) is 0.300. The molecule has 0 aliphatic rings. The number of benzene rings is 1. The van der Waals surface area contributed by atoms with Gasteiger partial charge in [0.05, 0.1) is 0 Å². The second-order valence-electron chi connectivity index (χ2n) is 2.75. The average Bonchev–Trinajstić information content (AvgIpc) is 2.16. The second-order valence-corrected chi connectivity index (χ2v) is 3.88. The van der Waals surface area contributed by atoms with Crippen LogP contribution in [0.1, 0.15) is 18.1 Å². The molecule has 0 aliphatic carbocycles. The third-order valence-corrected chi connectivity index (χ3v) is 2.93. The second kappa shape index (κ2) is 5.51. The number of alkyl halides is 2. The van der Waals surface area contributed by atoms with Crippen molar-refractivity contribution < 1.29 is 9.53 Å². The Labute approximate surface area is 99.9 Å². The van der Waals surface area contributed by atoms with Crippen molar-refractivity contribution in [3.8, 4) is 5.75 Å². The molecule has 0 unspecified atom stereocenters. The predicted octanol–water partition coefficient (Wildman–Crippen LogP) is 3.40. The van der Waals surface area contributed by atoms with Gasteiger partial charge in [-0.2, -0.15) is 0 Å². The zero-order valence-electron chi connectivity index (χ0n) is 7.72. The lowest BCUT2D eigenvalue weighted by atomic mass is 10.1. The molecule has 14 heavy (non-hydrogen) atoms. The Hall–Kier alpha value is -0.350. The van der Waals surface area contributed by atoms with E-state index < -0.39 is 0 Å². The Bertz CT molecular complexity index is 337. The zero-order valence-corrected chi connectivity index (χ0v) is 10.9. The molecule has 0 N–H and O–H groups in total. The largest absolute Gasteiger partial charge is 0.426 e. The summed E-state index contributed by atoms with van der Waals surface area (Å²) in [7, 11) is 0. The molecule has 2 nitrogen and oxygen atoms in total. The Morgan fingerprint density at radius 1 is 1.36 bits per heavy atom. The lowest BCUT2D eigenvalue weighted by Crippen LogP contribution is -2.04. The number of ether oxygens (including phenoxy) is 1. The molecule has 0 spiro atoms. The van der Waals surface area contributed by atoms with Gasteiger partial charge in [-0.25, -0.2) is 0 Å². The van der Waals surface area contributed by atoms with Crippen molar-refractivity contribution in [2.24, 2.45) is 0 Å². The van der Waals surface area contributed by atoms with Crippen LogP contribution in [-0.2, 0) is 15.5 Å². The first-order valence-electron chi connectivity index (χ1n) is 4.10. The van der Waals surface area contributed by atoms with Crippen LogP contribution in [0.5, 0.6) is 5.75 Å². The zero-order chi connectivity index (χ0) is 10.6. The maximum atomic E-state index is 10.8. The van der Waals surface area contributed by atoms with Crippen LogP contribution in [0.15, 0.2) is 18.2 Å². The van der Waals surface area contributed by atoms with Gasteiger partial charge in [-0.3, -0.25) is 4.79 Å². The van der Waals surface area contributed by atoms with Crippen molar-refractivity contribution >= 4 is 37.8 Å². The standard InChI is InChI=1S/C10H10Br2O2/c1-7(13)14-10-4-2-3-8(5-11)9(10)6-12/h2-4H,5-6H2,1H3. The number of hydrogen-bond acceptors (Lipinski definition) is 2. The van der Waals surface area contributed by atoms with Crippen molar-refractivity contribution in [3.05, 3.63) is 29.3 Å². The molecule has 0 aromatic heterocycles. The minimum Gasteiger partial charge on any atom is -0.426 e. The summed E-state index contributed by atoms with van der Waals surface area (Å²) in [6, 6.07) is 5.67.